The van der Waals surface area contributed by atoms with Gasteiger partial charge in [0.05, 0.1) is 6.08 Å². The number of carbonyl (C=O) groups is 2. The number of benzene rings is 2. The molecule has 6 heteroatoms. The maximum atomic E-state index is 12.7. The lowest BCUT2D eigenvalue weighted by molar-refractivity contribution is -0.481. The lowest BCUT2D eigenvalue weighted by atomic mass is 10.0. The van der Waals surface area contributed by atoms with Crippen LogP contribution in [0.3, 0.4) is 0 Å². The summed E-state index contributed by atoms with van der Waals surface area (Å²) in [7, 11) is 0. The number of nitrogens with one attached hydrogen (secondary N) is 1. The Morgan fingerprint density at radius 2 is 1.62 bits per heavy atom. The summed E-state index contributed by atoms with van der Waals surface area (Å²) in [6.07, 6.45) is 4.05. The lowest BCUT2D eigenvalue weighted by Crippen LogP contribution is -2.39. The molecule has 1 atom stereocenters. The third-order valence-corrected chi connectivity index (χ3v) is 5.74. The molecule has 0 aromatic heterocycles. The second kappa shape index (κ2) is 17.2. The maximum absolute atomic E-state index is 12.7. The zero-order valence-corrected chi connectivity index (χ0v) is 23.7. The van der Waals surface area contributed by atoms with Gasteiger partial charge in [-0.25, -0.2) is 4.39 Å². The van der Waals surface area contributed by atoms with Gasteiger partial charge in [0, 0.05) is 37.2 Å². The predicted molar refractivity (Wildman–Crippen MR) is 152 cm³/mol. The molecular formula is C31H45FN3O2+. The molecule has 4 rings (SSSR count). The Bertz CT molecular complexity index is 1030. The van der Waals surface area contributed by atoms with Gasteiger partial charge in [-0.2, -0.15) is 4.58 Å². The monoisotopic (exact) mass is 510 g/mol. The summed E-state index contributed by atoms with van der Waals surface area (Å²) in [5, 5.41) is 2.85. The van der Waals surface area contributed by atoms with Crippen molar-refractivity contribution in [2.75, 3.05) is 26.2 Å². The van der Waals surface area contributed by atoms with Crippen molar-refractivity contribution < 1.29 is 18.6 Å². The van der Waals surface area contributed by atoms with Crippen LogP contribution in [-0.4, -0.2) is 53.2 Å². The molecule has 2 aliphatic rings. The molecule has 0 spiro atoms. The molecule has 1 saturated heterocycles. The van der Waals surface area contributed by atoms with Gasteiger partial charge in [0.2, 0.25) is 5.71 Å². The first kappa shape index (κ1) is 31.7. The normalized spacial score (nSPS) is 15.5. The van der Waals surface area contributed by atoms with Crippen molar-refractivity contribution in [1.29, 1.82) is 0 Å². The van der Waals surface area contributed by atoms with Gasteiger partial charge in [-0.1, -0.05) is 59.7 Å². The molecule has 1 N–H and O–H groups in total. The van der Waals surface area contributed by atoms with Gasteiger partial charge in [-0.3, -0.25) is 9.59 Å². The first-order valence-electron chi connectivity index (χ1n) is 13.7. The second-order valence-electron chi connectivity index (χ2n) is 8.44. The Morgan fingerprint density at radius 3 is 2.14 bits per heavy atom. The van der Waals surface area contributed by atoms with E-state index in [0.29, 0.717) is 18.0 Å². The average Bonchev–Trinajstić information content (AvgIpc) is 3.36. The summed E-state index contributed by atoms with van der Waals surface area (Å²) >= 11 is 0. The molecule has 0 bridgehead atoms. The van der Waals surface area contributed by atoms with Crippen LogP contribution in [0.25, 0.3) is 0 Å². The lowest BCUT2D eigenvalue weighted by Gasteiger charge is -2.16. The maximum Gasteiger partial charge on any atom is 0.316 e. The van der Waals surface area contributed by atoms with Crippen LogP contribution in [0.2, 0.25) is 0 Å². The molecule has 0 radical (unpaired) electrons. The SMILES string of the molecule is CC.CC.CC1CCN(C(=O)c2ccc(F)cc2)C1.CCC[N+]1=C(c2ccccc2)C=C1C(=O)NCC. The zero-order chi connectivity index (χ0) is 27.8. The minimum absolute atomic E-state index is 0.0133. The number of rotatable bonds is 6. The van der Waals surface area contributed by atoms with Crippen molar-refractivity contribution >= 4 is 17.5 Å². The van der Waals surface area contributed by atoms with Crippen LogP contribution in [0.4, 0.5) is 4.39 Å². The third-order valence-electron chi connectivity index (χ3n) is 5.74. The Morgan fingerprint density at radius 1 is 1.00 bits per heavy atom. The Kier molecular flexibility index (Phi) is 14.8. The van der Waals surface area contributed by atoms with Crippen LogP contribution in [0.5, 0.6) is 0 Å². The summed E-state index contributed by atoms with van der Waals surface area (Å²) in [5.41, 5.74) is 3.65. The Hall–Kier alpha value is -3.28. The van der Waals surface area contributed by atoms with E-state index in [4.69, 9.17) is 0 Å². The fraction of sp³-hybridized carbons (Fsp3) is 0.452. The van der Waals surface area contributed by atoms with E-state index >= 15 is 0 Å². The average molecular weight is 511 g/mol. The first-order chi connectivity index (χ1) is 17.9. The highest BCUT2D eigenvalue weighted by atomic mass is 19.1. The summed E-state index contributed by atoms with van der Waals surface area (Å²) in [5.74, 6) is 0.306. The second-order valence-corrected chi connectivity index (χ2v) is 8.44. The van der Waals surface area contributed by atoms with Crippen LogP contribution in [-0.2, 0) is 4.79 Å². The summed E-state index contributed by atoms with van der Waals surface area (Å²) < 4.78 is 14.8. The van der Waals surface area contributed by atoms with E-state index in [-0.39, 0.29) is 17.6 Å². The van der Waals surface area contributed by atoms with Crippen molar-refractivity contribution in [2.45, 2.75) is 61.3 Å². The highest BCUT2D eigenvalue weighted by Crippen LogP contribution is 2.18. The number of carbonyl (C=O) groups excluding carboxylic acids is 2. The number of halogens is 1. The molecule has 202 valence electrons. The van der Waals surface area contributed by atoms with Crippen LogP contribution >= 0.6 is 0 Å². The van der Waals surface area contributed by atoms with Crippen molar-refractivity contribution in [3.63, 3.8) is 0 Å². The van der Waals surface area contributed by atoms with Crippen LogP contribution < -0.4 is 5.32 Å². The van der Waals surface area contributed by atoms with Gasteiger partial charge in [-0.15, -0.1) is 0 Å². The van der Waals surface area contributed by atoms with Crippen molar-refractivity contribution in [3.05, 3.63) is 83.3 Å². The minimum atomic E-state index is -0.304. The first-order valence-corrected chi connectivity index (χ1v) is 13.7. The number of allylic oxidation sites excluding steroid dienone is 1. The van der Waals surface area contributed by atoms with Crippen molar-refractivity contribution in [1.82, 2.24) is 10.2 Å². The molecule has 0 aliphatic carbocycles. The predicted octanol–water partition coefficient (Wildman–Crippen LogP) is 6.29. The summed E-state index contributed by atoms with van der Waals surface area (Å²) in [6.45, 7) is 17.4. The molecule has 1 fully saturated rings. The molecule has 5 nitrogen and oxygen atoms in total. The van der Waals surface area contributed by atoms with E-state index in [2.05, 4.69) is 35.9 Å². The largest absolute Gasteiger partial charge is 0.347 e. The molecule has 2 aromatic rings. The van der Waals surface area contributed by atoms with E-state index in [0.717, 1.165) is 43.9 Å². The molecule has 2 amide bonds. The molecule has 2 heterocycles. The van der Waals surface area contributed by atoms with E-state index in [1.54, 1.807) is 12.1 Å². The van der Waals surface area contributed by atoms with E-state index in [9.17, 15) is 14.0 Å². The number of nitrogens with zero attached hydrogens (tertiary/aromatic N) is 2. The molecule has 2 aliphatic heterocycles. The highest BCUT2D eigenvalue weighted by Gasteiger charge is 2.35. The fourth-order valence-electron chi connectivity index (χ4n) is 4.00. The van der Waals surface area contributed by atoms with Gasteiger partial charge in [-0.05, 0) is 55.7 Å². The van der Waals surface area contributed by atoms with Crippen LogP contribution in [0, 0.1) is 11.7 Å². The number of amides is 2. The highest BCUT2D eigenvalue weighted by molar-refractivity contribution is 6.13. The topological polar surface area (TPSA) is 52.4 Å². The molecule has 37 heavy (non-hydrogen) atoms. The van der Waals surface area contributed by atoms with Crippen molar-refractivity contribution in [2.24, 2.45) is 5.92 Å². The fourth-order valence-corrected chi connectivity index (χ4v) is 4.00. The summed E-state index contributed by atoms with van der Waals surface area (Å²) in [6, 6.07) is 15.9. The van der Waals surface area contributed by atoms with Crippen LogP contribution in [0.1, 0.15) is 77.2 Å². The Balaban J connectivity index is 0.000000330. The number of hydrogen-bond donors (Lipinski definition) is 1. The van der Waals surface area contributed by atoms with Crippen molar-refractivity contribution in [3.8, 4) is 0 Å². The quantitative estimate of drug-likeness (QED) is 0.464. The van der Waals surface area contributed by atoms with E-state index in [1.807, 2.05) is 63.8 Å². The van der Waals surface area contributed by atoms with Gasteiger partial charge >= 0.3 is 5.91 Å². The number of likely N-dealkylation sites (tertiary alicyclic amines) is 1. The molecule has 1 unspecified atom stereocenters. The van der Waals surface area contributed by atoms with Gasteiger partial charge in [0.1, 0.15) is 12.4 Å². The van der Waals surface area contributed by atoms with Gasteiger partial charge in [0.15, 0.2) is 0 Å². The van der Waals surface area contributed by atoms with E-state index in [1.165, 1.54) is 17.7 Å². The van der Waals surface area contributed by atoms with Gasteiger partial charge < -0.3 is 10.2 Å². The third kappa shape index (κ3) is 9.27. The molecule has 0 saturated carbocycles. The van der Waals surface area contributed by atoms with E-state index < -0.39 is 0 Å². The molecular weight excluding hydrogens is 465 g/mol. The van der Waals surface area contributed by atoms with Gasteiger partial charge in [0.25, 0.3) is 11.6 Å². The minimum Gasteiger partial charge on any atom is -0.347 e. The Labute approximate surface area is 223 Å². The number of likely N-dealkylation sites (N-methyl/N-ethyl adjacent to an activating group) is 1. The van der Waals surface area contributed by atoms with Crippen LogP contribution in [0.15, 0.2) is 66.4 Å². The zero-order valence-electron chi connectivity index (χ0n) is 23.7. The standard InChI is InChI=1S/C15H18N2O.C12H14FNO.2C2H6/c1-3-10-17-13(12-8-6-5-7-9-12)11-14(17)15(18)16-4-2;1-9-6-7-14(8-9)12(15)10-2-4-11(13)5-3-10;2*1-2/h5-9,11H,3-4,10H2,1-2H3;2-5,9H,6-8H2,1H3;2*1-2H3/p+1. The molecule has 2 aromatic carbocycles. The smallest absolute Gasteiger partial charge is 0.316 e. The number of hydrogen-bond acceptors (Lipinski definition) is 2. The summed E-state index contributed by atoms with van der Waals surface area (Å²) in [4.78, 5) is 25.6.